The van der Waals surface area contributed by atoms with Crippen molar-refractivity contribution in [1.82, 2.24) is 10.6 Å². The van der Waals surface area contributed by atoms with Crippen LogP contribution in [0.5, 0.6) is 0 Å². The Labute approximate surface area is 195 Å². The van der Waals surface area contributed by atoms with E-state index in [9.17, 15) is 19.2 Å². The Morgan fingerprint density at radius 2 is 0.969 bits per heavy atom. The Balaban J connectivity index is 0.000000320. The highest BCUT2D eigenvalue weighted by Gasteiger charge is 2.29. The van der Waals surface area contributed by atoms with Crippen LogP contribution >= 0.6 is 0 Å². The number of Topliss-reactive ketones (excluding diaryl/α,β-unsaturated/α-hetero) is 2. The van der Waals surface area contributed by atoms with Gasteiger partial charge < -0.3 is 10.6 Å². The number of hydrogen-bond acceptors (Lipinski definition) is 4. The van der Waals surface area contributed by atoms with Gasteiger partial charge >= 0.3 is 0 Å². The number of carbonyl (C=O) groups is 4. The van der Waals surface area contributed by atoms with E-state index in [4.69, 9.17) is 0 Å². The lowest BCUT2D eigenvalue weighted by Crippen LogP contribution is -2.47. The molecule has 32 heavy (non-hydrogen) atoms. The van der Waals surface area contributed by atoms with Crippen LogP contribution in [0.15, 0.2) is 0 Å². The summed E-state index contributed by atoms with van der Waals surface area (Å²) in [6.45, 7) is 4.39. The zero-order chi connectivity index (χ0) is 23.6. The number of hydrogen-bond donors (Lipinski definition) is 2. The SMILES string of the molecule is CCCCCCCCC(=O)N[C@@H]1CCC1=O.CCCCCCCCC(=O)N[C@H]1CCC1=O. The molecule has 2 amide bonds. The summed E-state index contributed by atoms with van der Waals surface area (Å²) in [5.41, 5.74) is 0. The lowest BCUT2D eigenvalue weighted by atomic mass is 9.91. The molecule has 2 aliphatic rings. The van der Waals surface area contributed by atoms with E-state index in [0.29, 0.717) is 25.7 Å². The molecule has 6 nitrogen and oxygen atoms in total. The number of ketones is 2. The van der Waals surface area contributed by atoms with Gasteiger partial charge in [-0.3, -0.25) is 19.2 Å². The van der Waals surface area contributed by atoms with Gasteiger partial charge in [0.25, 0.3) is 0 Å². The second-order valence-corrected chi connectivity index (χ2v) is 9.29. The first-order valence-corrected chi connectivity index (χ1v) is 13.1. The molecule has 0 unspecified atom stereocenters. The molecule has 0 bridgehead atoms. The molecule has 2 atom stereocenters. The largest absolute Gasteiger partial charge is 0.346 e. The van der Waals surface area contributed by atoms with Gasteiger partial charge in [-0.05, 0) is 25.7 Å². The Morgan fingerprint density at radius 3 is 1.25 bits per heavy atom. The average molecular weight is 451 g/mol. The minimum Gasteiger partial charge on any atom is -0.346 e. The van der Waals surface area contributed by atoms with E-state index in [1.165, 1.54) is 51.4 Å². The predicted molar refractivity (Wildman–Crippen MR) is 128 cm³/mol. The van der Waals surface area contributed by atoms with Crippen LogP contribution in [0.4, 0.5) is 0 Å². The topological polar surface area (TPSA) is 92.3 Å². The van der Waals surface area contributed by atoms with E-state index in [1.54, 1.807) is 0 Å². The molecule has 6 heteroatoms. The maximum absolute atomic E-state index is 11.4. The first-order valence-electron chi connectivity index (χ1n) is 13.1. The van der Waals surface area contributed by atoms with Crippen LogP contribution < -0.4 is 10.6 Å². The van der Waals surface area contributed by atoms with Crippen molar-refractivity contribution in [2.45, 2.75) is 142 Å². The van der Waals surface area contributed by atoms with Crippen LogP contribution in [0, 0.1) is 0 Å². The molecular formula is C26H46N2O4. The van der Waals surface area contributed by atoms with Crippen LogP contribution in [0.3, 0.4) is 0 Å². The van der Waals surface area contributed by atoms with Crippen LogP contribution in [0.2, 0.25) is 0 Å². The molecule has 0 aliphatic heterocycles. The summed E-state index contributed by atoms with van der Waals surface area (Å²) in [5, 5.41) is 5.56. The Bertz CT molecular complexity index is 526. The molecule has 2 fully saturated rings. The van der Waals surface area contributed by atoms with Gasteiger partial charge in [-0.1, -0.05) is 78.1 Å². The molecule has 0 radical (unpaired) electrons. The lowest BCUT2D eigenvalue weighted by Gasteiger charge is -2.24. The van der Waals surface area contributed by atoms with Crippen LogP contribution in [-0.4, -0.2) is 35.5 Å². The van der Waals surface area contributed by atoms with E-state index < -0.39 is 0 Å². The summed E-state index contributed by atoms with van der Waals surface area (Å²) in [5.74, 6) is 0.481. The fraction of sp³-hybridized carbons (Fsp3) is 0.846. The number of rotatable bonds is 16. The van der Waals surface area contributed by atoms with Crippen molar-refractivity contribution >= 4 is 23.4 Å². The Hall–Kier alpha value is -1.72. The standard InChI is InChI=1S/2C13H23NO2/c2*1-2-3-4-5-6-7-8-13(16)14-11-9-10-12(11)15/h2*11H,2-10H2,1H3,(H,14,16)/t2*11-/m10/s1. The van der Waals surface area contributed by atoms with E-state index >= 15 is 0 Å². The van der Waals surface area contributed by atoms with Gasteiger partial charge in [-0.2, -0.15) is 0 Å². The van der Waals surface area contributed by atoms with E-state index in [0.717, 1.165) is 38.5 Å². The average Bonchev–Trinajstić information content (AvgIpc) is 2.78. The highest BCUT2D eigenvalue weighted by molar-refractivity contribution is 5.94. The molecule has 0 aromatic rings. The monoisotopic (exact) mass is 450 g/mol. The van der Waals surface area contributed by atoms with E-state index in [1.807, 2.05) is 0 Å². The predicted octanol–water partition coefficient (Wildman–Crippen LogP) is 5.17. The Morgan fingerprint density at radius 1 is 0.625 bits per heavy atom. The van der Waals surface area contributed by atoms with Crippen LogP contribution in [0.25, 0.3) is 0 Å². The van der Waals surface area contributed by atoms with E-state index in [-0.39, 0.29) is 35.5 Å². The molecule has 2 rings (SSSR count). The zero-order valence-corrected chi connectivity index (χ0v) is 20.5. The maximum Gasteiger partial charge on any atom is 0.220 e. The minimum atomic E-state index is -0.160. The smallest absolute Gasteiger partial charge is 0.220 e. The minimum absolute atomic E-state index is 0.0496. The number of amides is 2. The van der Waals surface area contributed by atoms with Crippen molar-refractivity contribution in [3.05, 3.63) is 0 Å². The summed E-state index contributed by atoms with van der Waals surface area (Å²) in [6, 6.07) is -0.319. The second kappa shape index (κ2) is 17.8. The molecule has 0 spiro atoms. The van der Waals surface area contributed by atoms with E-state index in [2.05, 4.69) is 24.5 Å². The van der Waals surface area contributed by atoms with Gasteiger partial charge in [-0.25, -0.2) is 0 Å². The van der Waals surface area contributed by atoms with Crippen molar-refractivity contribution in [2.75, 3.05) is 0 Å². The highest BCUT2D eigenvalue weighted by atomic mass is 16.2. The summed E-state index contributed by atoms with van der Waals surface area (Å²) in [7, 11) is 0. The molecule has 2 aliphatic carbocycles. The van der Waals surface area contributed by atoms with Crippen molar-refractivity contribution in [1.29, 1.82) is 0 Å². The third-order valence-electron chi connectivity index (χ3n) is 6.32. The van der Waals surface area contributed by atoms with Crippen molar-refractivity contribution in [2.24, 2.45) is 0 Å². The lowest BCUT2D eigenvalue weighted by molar-refractivity contribution is -0.132. The molecule has 0 saturated heterocycles. The normalized spacial score (nSPS) is 19.3. The molecular weight excluding hydrogens is 404 g/mol. The molecule has 0 aromatic heterocycles. The fourth-order valence-corrected chi connectivity index (χ4v) is 3.78. The number of carbonyl (C=O) groups excluding carboxylic acids is 4. The highest BCUT2D eigenvalue weighted by Crippen LogP contribution is 2.15. The molecule has 0 aromatic carbocycles. The molecule has 0 heterocycles. The van der Waals surface area contributed by atoms with Crippen LogP contribution in [0.1, 0.15) is 129 Å². The maximum atomic E-state index is 11.4. The quantitative estimate of drug-likeness (QED) is 0.317. The number of unbranched alkanes of at least 4 members (excludes halogenated alkanes) is 10. The number of nitrogens with one attached hydrogen (secondary N) is 2. The summed E-state index contributed by atoms with van der Waals surface area (Å²) >= 11 is 0. The third kappa shape index (κ3) is 13.0. The van der Waals surface area contributed by atoms with Gasteiger partial charge in [-0.15, -0.1) is 0 Å². The Kier molecular flexibility index (Phi) is 15.7. The van der Waals surface area contributed by atoms with Crippen molar-refractivity contribution in [3.8, 4) is 0 Å². The third-order valence-corrected chi connectivity index (χ3v) is 6.32. The summed E-state index contributed by atoms with van der Waals surface area (Å²) in [6.07, 6.45) is 18.4. The first-order chi connectivity index (χ1) is 15.5. The second-order valence-electron chi connectivity index (χ2n) is 9.29. The van der Waals surface area contributed by atoms with Gasteiger partial charge in [0.15, 0.2) is 11.6 Å². The summed E-state index contributed by atoms with van der Waals surface area (Å²) < 4.78 is 0. The van der Waals surface area contributed by atoms with Gasteiger partial charge in [0.05, 0.1) is 12.1 Å². The molecule has 2 N–H and O–H groups in total. The van der Waals surface area contributed by atoms with Gasteiger partial charge in [0, 0.05) is 25.7 Å². The van der Waals surface area contributed by atoms with Gasteiger partial charge in [0.1, 0.15) is 0 Å². The van der Waals surface area contributed by atoms with Crippen LogP contribution in [-0.2, 0) is 19.2 Å². The zero-order valence-electron chi connectivity index (χ0n) is 20.5. The van der Waals surface area contributed by atoms with Crippen molar-refractivity contribution in [3.63, 3.8) is 0 Å². The molecule has 184 valence electrons. The van der Waals surface area contributed by atoms with Crippen molar-refractivity contribution < 1.29 is 19.2 Å². The first kappa shape index (κ1) is 28.3. The van der Waals surface area contributed by atoms with Gasteiger partial charge in [0.2, 0.25) is 11.8 Å². The fourth-order valence-electron chi connectivity index (χ4n) is 3.78. The molecule has 2 saturated carbocycles. The summed E-state index contributed by atoms with van der Waals surface area (Å²) in [4.78, 5) is 44.8.